The minimum Gasteiger partial charge on any atom is -0.507 e. The highest BCUT2D eigenvalue weighted by Gasteiger charge is 2.38. The van der Waals surface area contributed by atoms with Crippen LogP contribution >= 0.6 is 0 Å². The minimum absolute atomic E-state index is 0.0235. The van der Waals surface area contributed by atoms with Crippen LogP contribution in [0.2, 0.25) is 0 Å². The van der Waals surface area contributed by atoms with Gasteiger partial charge in [0.05, 0.1) is 0 Å². The van der Waals surface area contributed by atoms with Crippen LogP contribution in [-0.4, -0.2) is 52.6 Å². The molecule has 3 unspecified atom stereocenters. The van der Waals surface area contributed by atoms with Crippen LogP contribution < -0.4 is 10.6 Å². The summed E-state index contributed by atoms with van der Waals surface area (Å²) >= 11 is 0. The molecule has 1 rings (SSSR count). The summed E-state index contributed by atoms with van der Waals surface area (Å²) in [7, 11) is 0. The van der Waals surface area contributed by atoms with Crippen molar-refractivity contribution < 1.29 is 24.2 Å². The zero-order valence-electron chi connectivity index (χ0n) is 22.0. The second-order valence-corrected chi connectivity index (χ2v) is 9.69. The molecular weight excluding hydrogens is 434 g/mol. The topological polar surface area (TPSA) is 108 Å². The minimum atomic E-state index is -1.04. The van der Waals surface area contributed by atoms with Crippen molar-refractivity contribution in [2.75, 3.05) is 13.1 Å². The first-order valence-corrected chi connectivity index (χ1v) is 12.2. The van der Waals surface area contributed by atoms with Crippen molar-refractivity contribution >= 4 is 17.9 Å². The van der Waals surface area contributed by atoms with Gasteiger partial charge in [0.15, 0.2) is 0 Å². The molecule has 0 saturated carbocycles. The highest BCUT2D eigenvalue weighted by atomic mass is 16.6. The smallest absolute Gasteiger partial charge is 0.408 e. The number of nitrogens with one attached hydrogen (secondary N) is 2. The molecule has 1 aromatic rings. The lowest BCUT2D eigenvalue weighted by Gasteiger charge is -2.35. The maximum absolute atomic E-state index is 13.8. The van der Waals surface area contributed by atoms with E-state index in [-0.39, 0.29) is 24.1 Å². The van der Waals surface area contributed by atoms with Gasteiger partial charge < -0.3 is 25.4 Å². The number of phenolic OH excluding ortho intramolecular Hbond substituents is 1. The van der Waals surface area contributed by atoms with E-state index in [1.165, 1.54) is 4.90 Å². The summed E-state index contributed by atoms with van der Waals surface area (Å²) in [6, 6.07) is 3.22. The normalized spacial score (nSPS) is 14.0. The third kappa shape index (κ3) is 8.22. The van der Waals surface area contributed by atoms with E-state index in [0.29, 0.717) is 24.1 Å². The molecule has 34 heavy (non-hydrogen) atoms. The summed E-state index contributed by atoms with van der Waals surface area (Å²) in [6.07, 6.45) is 1.65. The molecule has 3 N–H and O–H groups in total. The monoisotopic (exact) mass is 477 g/mol. The van der Waals surface area contributed by atoms with E-state index >= 15 is 0 Å². The molecule has 0 spiro atoms. The zero-order valence-corrected chi connectivity index (χ0v) is 22.0. The molecule has 0 aliphatic rings. The fraction of sp³-hybridized carbons (Fsp3) is 0.654. The molecule has 3 atom stereocenters. The van der Waals surface area contributed by atoms with E-state index in [1.807, 2.05) is 20.8 Å². The second-order valence-electron chi connectivity index (χ2n) is 9.69. The van der Waals surface area contributed by atoms with Gasteiger partial charge in [0.1, 0.15) is 23.4 Å². The third-order valence-electron chi connectivity index (χ3n) is 5.73. The molecule has 1 aromatic carbocycles. The first kappa shape index (κ1) is 29.3. The first-order chi connectivity index (χ1) is 15.9. The summed E-state index contributed by atoms with van der Waals surface area (Å²) in [5.41, 5.74) is 0.245. The molecule has 0 heterocycles. The van der Waals surface area contributed by atoms with Gasteiger partial charge in [-0.15, -0.1) is 0 Å². The number of alkyl carbamates (subject to hydrolysis) is 1. The maximum Gasteiger partial charge on any atom is 0.408 e. The van der Waals surface area contributed by atoms with E-state index in [4.69, 9.17) is 4.74 Å². The summed E-state index contributed by atoms with van der Waals surface area (Å²) < 4.78 is 5.38. The van der Waals surface area contributed by atoms with E-state index in [0.717, 1.165) is 12.8 Å². The van der Waals surface area contributed by atoms with Crippen LogP contribution in [-0.2, 0) is 14.3 Å². The molecular formula is C26H43N3O5. The van der Waals surface area contributed by atoms with Crippen molar-refractivity contribution in [2.24, 2.45) is 5.92 Å². The number of hydrogen-bond acceptors (Lipinski definition) is 5. The van der Waals surface area contributed by atoms with Gasteiger partial charge in [-0.25, -0.2) is 4.79 Å². The lowest BCUT2D eigenvalue weighted by atomic mass is 9.95. The molecule has 8 nitrogen and oxygen atoms in total. The van der Waals surface area contributed by atoms with Crippen LogP contribution in [0.1, 0.15) is 84.9 Å². The Bertz CT molecular complexity index is 834. The van der Waals surface area contributed by atoms with E-state index in [2.05, 4.69) is 10.6 Å². The predicted octanol–water partition coefficient (Wildman–Crippen LogP) is 4.45. The van der Waals surface area contributed by atoms with Crippen molar-refractivity contribution in [3.8, 4) is 5.75 Å². The lowest BCUT2D eigenvalue weighted by Crippen LogP contribution is -2.55. The van der Waals surface area contributed by atoms with Crippen molar-refractivity contribution in [2.45, 2.75) is 92.3 Å². The van der Waals surface area contributed by atoms with Crippen molar-refractivity contribution in [1.82, 2.24) is 15.5 Å². The van der Waals surface area contributed by atoms with Gasteiger partial charge >= 0.3 is 6.09 Å². The van der Waals surface area contributed by atoms with Crippen LogP contribution in [0.25, 0.3) is 0 Å². The number of likely N-dealkylation sites (N-methyl/N-ethyl adjacent to an activating group) is 1. The number of benzene rings is 1. The number of aromatic hydroxyl groups is 1. The fourth-order valence-electron chi connectivity index (χ4n) is 3.60. The summed E-state index contributed by atoms with van der Waals surface area (Å²) in [5, 5.41) is 16.4. The second kappa shape index (κ2) is 13.2. The van der Waals surface area contributed by atoms with Gasteiger partial charge in [0.25, 0.3) is 0 Å². The number of para-hydroxylation sites is 1. The molecule has 0 bridgehead atoms. The molecule has 8 heteroatoms. The van der Waals surface area contributed by atoms with Crippen LogP contribution in [0.3, 0.4) is 0 Å². The number of carbonyl (C=O) groups is 3. The highest BCUT2D eigenvalue weighted by Crippen LogP contribution is 2.32. The average Bonchev–Trinajstić information content (AvgIpc) is 2.76. The van der Waals surface area contributed by atoms with Crippen LogP contribution in [0.15, 0.2) is 18.2 Å². The molecule has 0 radical (unpaired) electrons. The maximum atomic E-state index is 13.8. The van der Waals surface area contributed by atoms with Crippen LogP contribution in [0, 0.1) is 12.8 Å². The van der Waals surface area contributed by atoms with Gasteiger partial charge in [0, 0.05) is 18.7 Å². The fourth-order valence-corrected chi connectivity index (χ4v) is 3.60. The highest BCUT2D eigenvalue weighted by molar-refractivity contribution is 5.92. The van der Waals surface area contributed by atoms with E-state index in [1.54, 1.807) is 52.8 Å². The van der Waals surface area contributed by atoms with Crippen molar-refractivity contribution in [3.05, 3.63) is 29.3 Å². The molecule has 0 aromatic heterocycles. The summed E-state index contributed by atoms with van der Waals surface area (Å²) in [5.74, 6) is -1.00. The Kier molecular flexibility index (Phi) is 11.4. The van der Waals surface area contributed by atoms with Gasteiger partial charge in [-0.1, -0.05) is 51.8 Å². The third-order valence-corrected chi connectivity index (χ3v) is 5.73. The number of aryl methyl sites for hydroxylation is 1. The Morgan fingerprint density at radius 3 is 2.32 bits per heavy atom. The number of amides is 3. The number of rotatable bonds is 11. The number of nitrogens with zero attached hydrogens (tertiary/aromatic N) is 1. The number of carbonyl (C=O) groups excluding carboxylic acids is 3. The quantitative estimate of drug-likeness (QED) is 0.408. The molecule has 0 fully saturated rings. The predicted molar refractivity (Wildman–Crippen MR) is 134 cm³/mol. The SMILES string of the molecule is CCCCNC(=O)C(c1cccc(C)c1O)N(CC)C(=O)C(NC(=O)OC(C)(C)C)C(C)CC. The van der Waals surface area contributed by atoms with Crippen LogP contribution in [0.4, 0.5) is 4.79 Å². The number of ether oxygens (including phenoxy) is 1. The largest absolute Gasteiger partial charge is 0.507 e. The van der Waals surface area contributed by atoms with E-state index in [9.17, 15) is 19.5 Å². The molecule has 0 saturated heterocycles. The van der Waals surface area contributed by atoms with Gasteiger partial charge in [0.2, 0.25) is 11.8 Å². The van der Waals surface area contributed by atoms with Crippen molar-refractivity contribution in [1.29, 1.82) is 0 Å². The Balaban J connectivity index is 3.42. The van der Waals surface area contributed by atoms with Crippen molar-refractivity contribution in [3.63, 3.8) is 0 Å². The first-order valence-electron chi connectivity index (χ1n) is 12.2. The molecule has 0 aliphatic heterocycles. The summed E-state index contributed by atoms with van der Waals surface area (Å²) in [4.78, 5) is 41.1. The van der Waals surface area contributed by atoms with Gasteiger partial charge in [-0.05, 0) is 52.5 Å². The van der Waals surface area contributed by atoms with Gasteiger partial charge in [-0.2, -0.15) is 0 Å². The molecule has 3 amide bonds. The Morgan fingerprint density at radius 1 is 1.15 bits per heavy atom. The standard InChI is InChI=1S/C26H43N3O5/c1-9-12-16-27-23(31)21(19-15-13-14-18(5)22(19)30)29(11-3)24(32)20(17(4)10-2)28-25(33)34-26(6,7)8/h13-15,17,20-21,30H,9-12,16H2,1-8H3,(H,27,31)(H,28,33). The Hall–Kier alpha value is -2.77. The zero-order chi connectivity index (χ0) is 26.1. The van der Waals surface area contributed by atoms with Crippen LogP contribution in [0.5, 0.6) is 5.75 Å². The number of phenols is 1. The molecule has 192 valence electrons. The Morgan fingerprint density at radius 2 is 1.79 bits per heavy atom. The average molecular weight is 478 g/mol. The summed E-state index contributed by atoms with van der Waals surface area (Å²) in [6.45, 7) is 15.3. The van der Waals surface area contributed by atoms with E-state index < -0.39 is 29.7 Å². The molecule has 0 aliphatic carbocycles. The number of hydrogen-bond donors (Lipinski definition) is 3. The van der Waals surface area contributed by atoms with Gasteiger partial charge in [-0.3, -0.25) is 9.59 Å². The lowest BCUT2D eigenvalue weighted by molar-refractivity contribution is -0.143. The Labute approximate surface area is 204 Å². The number of unbranched alkanes of at least 4 members (excludes halogenated alkanes) is 1.